The van der Waals surface area contributed by atoms with Gasteiger partial charge in [0, 0.05) is 13.1 Å². The van der Waals surface area contributed by atoms with Crippen molar-refractivity contribution in [2.45, 2.75) is 57.5 Å². The second kappa shape index (κ2) is 6.07. The molecule has 0 saturated carbocycles. The maximum absolute atomic E-state index is 12.9. The van der Waals surface area contributed by atoms with Crippen molar-refractivity contribution in [3.63, 3.8) is 0 Å². The van der Waals surface area contributed by atoms with Gasteiger partial charge < -0.3 is 19.7 Å². The molecule has 0 aromatic rings. The molecule has 0 unspecified atom stereocenters. The molecule has 0 bridgehead atoms. The minimum Gasteiger partial charge on any atom is -0.460 e. The topological polar surface area (TPSA) is 96.3 Å². The molecule has 25 heavy (non-hydrogen) atoms. The highest BCUT2D eigenvalue weighted by Crippen LogP contribution is 2.39. The summed E-state index contributed by atoms with van der Waals surface area (Å²) in [6, 6.07) is -0.0995. The standard InChI is InChI=1S/C18H27NO6/c1-10(2)13-15(20)25-12-6-8-19-7-5-11(14(12)19)9-24-16(21)18(4,23)17(13,3)22/h5,10,12-14,22-23H,6-9H2,1-4H3/t12-,13+,14-,17-,18+/m1/s1. The Bertz CT molecular complexity index is 609. The van der Waals surface area contributed by atoms with Crippen molar-refractivity contribution >= 4 is 11.9 Å². The van der Waals surface area contributed by atoms with Crippen molar-refractivity contribution in [3.05, 3.63) is 11.6 Å². The molecule has 0 amide bonds. The number of esters is 2. The van der Waals surface area contributed by atoms with Crippen LogP contribution in [0.2, 0.25) is 0 Å². The predicted molar refractivity (Wildman–Crippen MR) is 88.5 cm³/mol. The third kappa shape index (κ3) is 2.78. The highest BCUT2D eigenvalue weighted by molar-refractivity contribution is 5.84. The lowest BCUT2D eigenvalue weighted by Gasteiger charge is -2.42. The molecule has 7 heteroatoms. The van der Waals surface area contributed by atoms with Crippen LogP contribution in [-0.4, -0.2) is 70.1 Å². The summed E-state index contributed by atoms with van der Waals surface area (Å²) in [5, 5.41) is 21.7. The Balaban J connectivity index is 2.02. The van der Waals surface area contributed by atoms with E-state index in [4.69, 9.17) is 9.47 Å². The van der Waals surface area contributed by atoms with E-state index < -0.39 is 29.1 Å². The van der Waals surface area contributed by atoms with E-state index in [2.05, 4.69) is 4.90 Å². The van der Waals surface area contributed by atoms with E-state index in [-0.39, 0.29) is 24.7 Å². The maximum Gasteiger partial charge on any atom is 0.341 e. The first-order valence-electron chi connectivity index (χ1n) is 8.82. The monoisotopic (exact) mass is 353 g/mol. The zero-order chi connectivity index (χ0) is 18.6. The van der Waals surface area contributed by atoms with Gasteiger partial charge in [0.25, 0.3) is 0 Å². The molecule has 0 aromatic carbocycles. The maximum atomic E-state index is 12.9. The molecule has 140 valence electrons. The molecule has 3 aliphatic heterocycles. The minimum atomic E-state index is -2.24. The molecule has 3 aliphatic rings. The number of cyclic esters (lactones) is 1. The average Bonchev–Trinajstić information content (AvgIpc) is 3.06. The third-order valence-corrected chi connectivity index (χ3v) is 5.96. The van der Waals surface area contributed by atoms with Gasteiger partial charge in [0.1, 0.15) is 18.3 Å². The van der Waals surface area contributed by atoms with Crippen LogP contribution in [0.1, 0.15) is 34.1 Å². The quantitative estimate of drug-likeness (QED) is 0.515. The Labute approximate surface area is 147 Å². The van der Waals surface area contributed by atoms with Crippen molar-refractivity contribution in [1.29, 1.82) is 0 Å². The largest absolute Gasteiger partial charge is 0.460 e. The van der Waals surface area contributed by atoms with E-state index in [1.807, 2.05) is 6.08 Å². The molecule has 3 heterocycles. The summed E-state index contributed by atoms with van der Waals surface area (Å²) in [4.78, 5) is 27.6. The third-order valence-electron chi connectivity index (χ3n) is 5.96. The Morgan fingerprint density at radius 2 is 1.96 bits per heavy atom. The van der Waals surface area contributed by atoms with Crippen LogP contribution >= 0.6 is 0 Å². The van der Waals surface area contributed by atoms with Gasteiger partial charge in [-0.2, -0.15) is 0 Å². The molecular formula is C18H27NO6. The van der Waals surface area contributed by atoms with E-state index in [1.54, 1.807) is 13.8 Å². The Morgan fingerprint density at radius 3 is 2.60 bits per heavy atom. The van der Waals surface area contributed by atoms with Gasteiger partial charge in [0.15, 0.2) is 5.60 Å². The number of nitrogens with zero attached hydrogens (tertiary/aromatic N) is 1. The smallest absolute Gasteiger partial charge is 0.341 e. The van der Waals surface area contributed by atoms with Crippen LogP contribution in [-0.2, 0) is 19.1 Å². The summed E-state index contributed by atoms with van der Waals surface area (Å²) in [5.41, 5.74) is -3.39. The predicted octanol–water partition coefficient (Wildman–Crippen LogP) is 0.244. The molecule has 0 aromatic heterocycles. The number of carbonyl (C=O) groups is 2. The van der Waals surface area contributed by atoms with Crippen molar-refractivity contribution < 1.29 is 29.3 Å². The number of ether oxygens (including phenoxy) is 2. The van der Waals surface area contributed by atoms with E-state index in [9.17, 15) is 19.8 Å². The van der Waals surface area contributed by atoms with Crippen LogP contribution in [0.5, 0.6) is 0 Å². The summed E-state index contributed by atoms with van der Waals surface area (Å²) in [6.45, 7) is 7.54. The Morgan fingerprint density at radius 1 is 1.28 bits per heavy atom. The highest BCUT2D eigenvalue weighted by Gasteiger charge is 2.58. The van der Waals surface area contributed by atoms with Crippen LogP contribution in [0, 0.1) is 11.8 Å². The molecule has 3 rings (SSSR count). The number of aliphatic hydroxyl groups is 2. The van der Waals surface area contributed by atoms with Crippen LogP contribution in [0.3, 0.4) is 0 Å². The molecule has 0 radical (unpaired) electrons. The lowest BCUT2D eigenvalue weighted by molar-refractivity contribution is -0.210. The molecule has 0 spiro atoms. The molecular weight excluding hydrogens is 326 g/mol. The fourth-order valence-electron chi connectivity index (χ4n) is 4.30. The van der Waals surface area contributed by atoms with E-state index in [1.165, 1.54) is 13.8 Å². The molecule has 0 aliphatic carbocycles. The van der Waals surface area contributed by atoms with Crippen LogP contribution in [0.4, 0.5) is 0 Å². The molecule has 5 atom stereocenters. The molecule has 2 N–H and O–H groups in total. The zero-order valence-electron chi connectivity index (χ0n) is 15.2. The van der Waals surface area contributed by atoms with Gasteiger partial charge in [0.05, 0.1) is 12.0 Å². The fraction of sp³-hybridized carbons (Fsp3) is 0.778. The number of rotatable bonds is 1. The van der Waals surface area contributed by atoms with Crippen LogP contribution in [0.25, 0.3) is 0 Å². The first-order valence-corrected chi connectivity index (χ1v) is 8.82. The van der Waals surface area contributed by atoms with Crippen LogP contribution < -0.4 is 0 Å². The average molecular weight is 353 g/mol. The van der Waals surface area contributed by atoms with Gasteiger partial charge in [-0.25, -0.2) is 4.79 Å². The van der Waals surface area contributed by atoms with Gasteiger partial charge in [-0.15, -0.1) is 0 Å². The van der Waals surface area contributed by atoms with Gasteiger partial charge in [0.2, 0.25) is 0 Å². The summed E-state index contributed by atoms with van der Waals surface area (Å²) >= 11 is 0. The first-order chi connectivity index (χ1) is 11.6. The number of hydrogen-bond donors (Lipinski definition) is 2. The number of carbonyl (C=O) groups excluding carboxylic acids is 2. The van der Waals surface area contributed by atoms with Crippen molar-refractivity contribution in [1.82, 2.24) is 4.90 Å². The fourth-order valence-corrected chi connectivity index (χ4v) is 4.30. The lowest BCUT2D eigenvalue weighted by Crippen LogP contribution is -2.63. The molecule has 2 fully saturated rings. The Kier molecular flexibility index (Phi) is 4.46. The van der Waals surface area contributed by atoms with Gasteiger partial charge in [-0.3, -0.25) is 9.69 Å². The second-order valence-corrected chi connectivity index (χ2v) is 8.00. The van der Waals surface area contributed by atoms with E-state index >= 15 is 0 Å². The van der Waals surface area contributed by atoms with Gasteiger partial charge in [-0.1, -0.05) is 19.9 Å². The Hall–Kier alpha value is -1.44. The summed E-state index contributed by atoms with van der Waals surface area (Å²) in [5.74, 6) is -2.92. The zero-order valence-corrected chi connectivity index (χ0v) is 15.2. The van der Waals surface area contributed by atoms with Crippen molar-refractivity contribution in [2.24, 2.45) is 11.8 Å². The SMILES string of the molecule is CC(C)[C@H]1C(=O)O[C@@H]2CCN3CC=C(COC(=O)[C@](C)(O)[C@]1(C)O)[C@H]23. The first kappa shape index (κ1) is 18.4. The summed E-state index contributed by atoms with van der Waals surface area (Å²) in [7, 11) is 0. The molecule has 7 nitrogen and oxygen atoms in total. The van der Waals surface area contributed by atoms with Crippen molar-refractivity contribution in [3.8, 4) is 0 Å². The summed E-state index contributed by atoms with van der Waals surface area (Å²) in [6.07, 6.45) is 2.34. The summed E-state index contributed by atoms with van der Waals surface area (Å²) < 4.78 is 11.1. The highest BCUT2D eigenvalue weighted by atomic mass is 16.6. The van der Waals surface area contributed by atoms with Crippen LogP contribution in [0.15, 0.2) is 11.6 Å². The normalized spacial score (nSPS) is 42.5. The lowest BCUT2D eigenvalue weighted by atomic mass is 9.71. The van der Waals surface area contributed by atoms with E-state index in [0.29, 0.717) is 6.42 Å². The number of hydrogen-bond acceptors (Lipinski definition) is 7. The van der Waals surface area contributed by atoms with Crippen molar-refractivity contribution in [2.75, 3.05) is 19.7 Å². The minimum absolute atomic E-state index is 0.0205. The van der Waals surface area contributed by atoms with Gasteiger partial charge >= 0.3 is 11.9 Å². The molecule has 2 saturated heterocycles. The van der Waals surface area contributed by atoms with E-state index in [0.717, 1.165) is 18.7 Å². The second-order valence-electron chi connectivity index (χ2n) is 8.00. The van der Waals surface area contributed by atoms with Gasteiger partial charge in [-0.05, 0) is 31.8 Å².